The first-order valence-electron chi connectivity index (χ1n) is 6.30. The van der Waals surface area contributed by atoms with Gasteiger partial charge in [0, 0.05) is 24.4 Å². The number of aromatic nitrogens is 2. The van der Waals surface area contributed by atoms with E-state index >= 15 is 0 Å². The molecule has 17 heavy (non-hydrogen) atoms. The van der Waals surface area contributed by atoms with Crippen LogP contribution in [-0.4, -0.2) is 28.2 Å². The van der Waals surface area contributed by atoms with Crippen LogP contribution < -0.4 is 5.32 Å². The molecule has 1 saturated heterocycles. The van der Waals surface area contributed by atoms with Crippen LogP contribution in [0.1, 0.15) is 39.3 Å². The highest BCUT2D eigenvalue weighted by atomic mass is 16.5. The summed E-state index contributed by atoms with van der Waals surface area (Å²) in [6.07, 6.45) is 4.62. The maximum Gasteiger partial charge on any atom is 0.129 e. The Balaban J connectivity index is 2.00. The summed E-state index contributed by atoms with van der Waals surface area (Å²) >= 11 is 0. The quantitative estimate of drug-likeness (QED) is 0.874. The summed E-state index contributed by atoms with van der Waals surface area (Å²) in [5.41, 5.74) is 1.05. The van der Waals surface area contributed by atoms with Gasteiger partial charge in [0.25, 0.3) is 0 Å². The second-order valence-corrected chi connectivity index (χ2v) is 5.19. The smallest absolute Gasteiger partial charge is 0.129 e. The molecule has 1 aromatic heterocycles. The Kier molecular flexibility index (Phi) is 3.62. The number of nitrogens with one attached hydrogen (secondary N) is 1. The van der Waals surface area contributed by atoms with Crippen LogP contribution in [0.4, 0.5) is 5.82 Å². The van der Waals surface area contributed by atoms with Crippen LogP contribution >= 0.6 is 0 Å². The van der Waals surface area contributed by atoms with Crippen molar-refractivity contribution in [1.29, 1.82) is 0 Å². The first-order chi connectivity index (χ1) is 8.09. The molecule has 0 aromatic carbocycles. The molecule has 1 unspecified atom stereocenters. The van der Waals surface area contributed by atoms with Crippen molar-refractivity contribution < 1.29 is 4.74 Å². The molecule has 4 nitrogen and oxygen atoms in total. The third-order valence-electron chi connectivity index (χ3n) is 3.14. The first kappa shape index (κ1) is 12.3. The van der Waals surface area contributed by atoms with Gasteiger partial charge in [-0.05, 0) is 33.1 Å². The molecule has 0 saturated carbocycles. The predicted molar refractivity (Wildman–Crippen MR) is 68.1 cm³/mol. The molecule has 0 bridgehead atoms. The second kappa shape index (κ2) is 5.00. The largest absolute Gasteiger partial charge is 0.375 e. The summed E-state index contributed by atoms with van der Waals surface area (Å²) in [5, 5.41) is 3.48. The van der Waals surface area contributed by atoms with E-state index in [1.807, 2.05) is 6.07 Å². The van der Waals surface area contributed by atoms with Crippen LogP contribution in [0.15, 0.2) is 12.4 Å². The zero-order valence-corrected chi connectivity index (χ0v) is 10.9. The summed E-state index contributed by atoms with van der Waals surface area (Å²) in [7, 11) is 0. The zero-order chi connectivity index (χ0) is 12.3. The molecule has 2 heterocycles. The summed E-state index contributed by atoms with van der Waals surface area (Å²) in [5.74, 6) is 0.930. The molecule has 1 N–H and O–H groups in total. The van der Waals surface area contributed by atoms with Crippen LogP contribution in [0.3, 0.4) is 0 Å². The Morgan fingerprint density at radius 1 is 1.47 bits per heavy atom. The highest BCUT2D eigenvalue weighted by Gasteiger charge is 2.28. The lowest BCUT2D eigenvalue weighted by molar-refractivity contribution is -0.0553. The Morgan fingerprint density at radius 3 is 3.00 bits per heavy atom. The van der Waals surface area contributed by atoms with Gasteiger partial charge in [0.15, 0.2) is 0 Å². The highest BCUT2D eigenvalue weighted by Crippen LogP contribution is 2.25. The van der Waals surface area contributed by atoms with E-state index in [0.717, 1.165) is 37.4 Å². The molecular formula is C13H21N3O. The van der Waals surface area contributed by atoms with Gasteiger partial charge in [-0.3, -0.25) is 0 Å². The summed E-state index contributed by atoms with van der Waals surface area (Å²) in [6.45, 7) is 7.19. The minimum Gasteiger partial charge on any atom is -0.375 e. The van der Waals surface area contributed by atoms with Crippen molar-refractivity contribution in [2.24, 2.45) is 0 Å². The van der Waals surface area contributed by atoms with E-state index in [2.05, 4.69) is 36.1 Å². The molecular weight excluding hydrogens is 214 g/mol. The van der Waals surface area contributed by atoms with Crippen molar-refractivity contribution in [3.8, 4) is 0 Å². The third-order valence-corrected chi connectivity index (χ3v) is 3.14. The maximum atomic E-state index is 5.71. The van der Waals surface area contributed by atoms with Crippen molar-refractivity contribution >= 4 is 5.82 Å². The topological polar surface area (TPSA) is 47.0 Å². The predicted octanol–water partition coefficient (Wildman–Crippen LogP) is 2.41. The number of ether oxygens (including phenoxy) is 1. The van der Waals surface area contributed by atoms with E-state index in [1.54, 1.807) is 6.33 Å². The number of hydrogen-bond acceptors (Lipinski definition) is 4. The number of aryl methyl sites for hydroxylation is 1. The number of anilines is 1. The van der Waals surface area contributed by atoms with Gasteiger partial charge in [-0.2, -0.15) is 0 Å². The molecule has 0 aliphatic carbocycles. The summed E-state index contributed by atoms with van der Waals surface area (Å²) < 4.78 is 5.71. The fraction of sp³-hybridized carbons (Fsp3) is 0.692. The maximum absolute atomic E-state index is 5.71. The summed E-state index contributed by atoms with van der Waals surface area (Å²) in [4.78, 5) is 8.47. The first-order valence-corrected chi connectivity index (χ1v) is 6.30. The lowest BCUT2D eigenvalue weighted by atomic mass is 9.94. The molecule has 94 valence electrons. The van der Waals surface area contributed by atoms with Crippen molar-refractivity contribution in [3.05, 3.63) is 18.1 Å². The standard InChI is InChI=1S/C13H21N3O/c1-4-10-7-12(15-9-14-10)16-11-5-6-17-13(2,3)8-11/h7,9,11H,4-6,8H2,1-3H3,(H,14,15,16). The van der Waals surface area contributed by atoms with Crippen molar-refractivity contribution in [1.82, 2.24) is 9.97 Å². The Bertz CT molecular complexity index is 379. The molecule has 1 aromatic rings. The molecule has 1 fully saturated rings. The van der Waals surface area contributed by atoms with Crippen LogP contribution in [0.25, 0.3) is 0 Å². The van der Waals surface area contributed by atoms with Crippen LogP contribution in [0.5, 0.6) is 0 Å². The van der Waals surface area contributed by atoms with E-state index in [0.29, 0.717) is 6.04 Å². The van der Waals surface area contributed by atoms with Crippen molar-refractivity contribution in [2.75, 3.05) is 11.9 Å². The van der Waals surface area contributed by atoms with Gasteiger partial charge in [-0.1, -0.05) is 6.92 Å². The van der Waals surface area contributed by atoms with Gasteiger partial charge in [0.05, 0.1) is 5.60 Å². The highest BCUT2D eigenvalue weighted by molar-refractivity contribution is 5.36. The SMILES string of the molecule is CCc1cc(NC2CCOC(C)(C)C2)ncn1. The third kappa shape index (κ3) is 3.40. The normalized spacial score (nSPS) is 23.4. The lowest BCUT2D eigenvalue weighted by Crippen LogP contribution is -2.40. The van der Waals surface area contributed by atoms with E-state index < -0.39 is 0 Å². The molecule has 0 amide bonds. The fourth-order valence-corrected chi connectivity index (χ4v) is 2.23. The fourth-order valence-electron chi connectivity index (χ4n) is 2.23. The number of rotatable bonds is 3. The molecule has 0 spiro atoms. The molecule has 0 radical (unpaired) electrons. The van der Waals surface area contributed by atoms with Gasteiger partial charge >= 0.3 is 0 Å². The summed E-state index contributed by atoms with van der Waals surface area (Å²) in [6, 6.07) is 2.47. The molecule has 2 rings (SSSR count). The minimum absolute atomic E-state index is 0.0312. The Hall–Kier alpha value is -1.16. The van der Waals surface area contributed by atoms with E-state index in [4.69, 9.17) is 4.74 Å². The number of nitrogens with zero attached hydrogens (tertiary/aromatic N) is 2. The average Bonchev–Trinajstić information content (AvgIpc) is 2.28. The van der Waals surface area contributed by atoms with Gasteiger partial charge in [-0.25, -0.2) is 9.97 Å². The van der Waals surface area contributed by atoms with Gasteiger partial charge in [0.2, 0.25) is 0 Å². The van der Waals surface area contributed by atoms with E-state index in [-0.39, 0.29) is 5.60 Å². The van der Waals surface area contributed by atoms with E-state index in [1.165, 1.54) is 0 Å². The van der Waals surface area contributed by atoms with Gasteiger partial charge in [0.1, 0.15) is 12.1 Å². The van der Waals surface area contributed by atoms with Crippen LogP contribution in [0, 0.1) is 0 Å². The lowest BCUT2D eigenvalue weighted by Gasteiger charge is -2.36. The Morgan fingerprint density at radius 2 is 2.29 bits per heavy atom. The van der Waals surface area contributed by atoms with Crippen molar-refractivity contribution in [3.63, 3.8) is 0 Å². The minimum atomic E-state index is -0.0312. The monoisotopic (exact) mass is 235 g/mol. The molecule has 1 aliphatic heterocycles. The van der Waals surface area contributed by atoms with Crippen LogP contribution in [-0.2, 0) is 11.2 Å². The Labute approximate surface area is 103 Å². The molecule has 1 aliphatic rings. The average molecular weight is 235 g/mol. The van der Waals surface area contributed by atoms with E-state index in [9.17, 15) is 0 Å². The number of hydrogen-bond donors (Lipinski definition) is 1. The van der Waals surface area contributed by atoms with Gasteiger partial charge in [-0.15, -0.1) is 0 Å². The second-order valence-electron chi connectivity index (χ2n) is 5.19. The molecule has 1 atom stereocenters. The van der Waals surface area contributed by atoms with Gasteiger partial charge < -0.3 is 10.1 Å². The van der Waals surface area contributed by atoms with Crippen LogP contribution in [0.2, 0.25) is 0 Å². The molecule has 4 heteroatoms. The van der Waals surface area contributed by atoms with Crippen molar-refractivity contribution in [2.45, 2.75) is 51.7 Å². The zero-order valence-electron chi connectivity index (χ0n) is 10.9.